The lowest BCUT2D eigenvalue weighted by molar-refractivity contribution is -0.113. The van der Waals surface area contributed by atoms with Crippen molar-refractivity contribution < 1.29 is 18.3 Å². The lowest BCUT2D eigenvalue weighted by Gasteiger charge is -2.09. The van der Waals surface area contributed by atoms with E-state index in [2.05, 4.69) is 20.8 Å². The van der Waals surface area contributed by atoms with E-state index in [0.717, 1.165) is 30.0 Å². The Balaban J connectivity index is 1.70. The van der Waals surface area contributed by atoms with Gasteiger partial charge in [-0.05, 0) is 34.7 Å². The fourth-order valence-electron chi connectivity index (χ4n) is 2.13. The van der Waals surface area contributed by atoms with Crippen LogP contribution < -0.4 is 10.1 Å². The monoisotopic (exact) mass is 377 g/mol. The van der Waals surface area contributed by atoms with E-state index in [1.54, 1.807) is 24.3 Å². The lowest BCUT2D eigenvalue weighted by Crippen LogP contribution is -2.15. The number of benzene rings is 2. The van der Waals surface area contributed by atoms with Crippen molar-refractivity contribution in [2.75, 3.05) is 18.2 Å². The summed E-state index contributed by atoms with van der Waals surface area (Å²) in [4.78, 5) is 12.0. The minimum absolute atomic E-state index is 0.0918. The number of carbonyl (C=O) groups excluding carboxylic acids is 1. The summed E-state index contributed by atoms with van der Waals surface area (Å²) in [5, 5.41) is 14.0. The molecule has 1 N–H and O–H groups in total. The summed E-state index contributed by atoms with van der Waals surface area (Å²) in [5.41, 5.74) is 0.388. The Bertz CT molecular complexity index is 935. The van der Waals surface area contributed by atoms with Crippen LogP contribution in [0.3, 0.4) is 0 Å². The SMILES string of the molecule is COc1ccccc1-n1nnnc1SCC(=O)Nc1cc(F)ccc1F. The van der Waals surface area contributed by atoms with Crippen LogP contribution in [0, 0.1) is 11.6 Å². The first-order chi connectivity index (χ1) is 12.6. The van der Waals surface area contributed by atoms with Gasteiger partial charge < -0.3 is 10.1 Å². The second-order valence-electron chi connectivity index (χ2n) is 5.01. The Morgan fingerprint density at radius 1 is 1.27 bits per heavy atom. The van der Waals surface area contributed by atoms with Crippen molar-refractivity contribution in [2.24, 2.45) is 0 Å². The first-order valence-electron chi connectivity index (χ1n) is 7.38. The Hall–Kier alpha value is -3.01. The van der Waals surface area contributed by atoms with Crippen LogP contribution in [-0.4, -0.2) is 39.0 Å². The second-order valence-corrected chi connectivity index (χ2v) is 5.95. The number of ether oxygens (including phenoxy) is 1. The topological polar surface area (TPSA) is 81.9 Å². The van der Waals surface area contributed by atoms with Crippen molar-refractivity contribution >= 4 is 23.4 Å². The number of para-hydroxylation sites is 2. The van der Waals surface area contributed by atoms with Crippen molar-refractivity contribution in [3.05, 3.63) is 54.1 Å². The number of rotatable bonds is 6. The first kappa shape index (κ1) is 17.8. The van der Waals surface area contributed by atoms with Crippen LogP contribution in [0.5, 0.6) is 5.75 Å². The Labute approximate surface area is 151 Å². The van der Waals surface area contributed by atoms with Crippen LogP contribution in [0.15, 0.2) is 47.6 Å². The first-order valence-corrected chi connectivity index (χ1v) is 8.36. The zero-order valence-electron chi connectivity index (χ0n) is 13.5. The van der Waals surface area contributed by atoms with Gasteiger partial charge in [0.1, 0.15) is 23.1 Å². The zero-order valence-corrected chi connectivity index (χ0v) is 14.3. The molecule has 0 aliphatic heterocycles. The number of carbonyl (C=O) groups is 1. The summed E-state index contributed by atoms with van der Waals surface area (Å²) in [6.45, 7) is 0. The number of hydrogen-bond acceptors (Lipinski definition) is 6. The molecule has 2 aromatic carbocycles. The van der Waals surface area contributed by atoms with Crippen molar-refractivity contribution in [3.63, 3.8) is 0 Å². The number of nitrogens with one attached hydrogen (secondary N) is 1. The normalized spacial score (nSPS) is 10.6. The third-order valence-corrected chi connectivity index (χ3v) is 4.21. The maximum absolute atomic E-state index is 13.6. The smallest absolute Gasteiger partial charge is 0.234 e. The molecule has 1 heterocycles. The molecule has 1 aromatic heterocycles. The van der Waals surface area contributed by atoms with E-state index in [4.69, 9.17) is 4.74 Å². The molecule has 26 heavy (non-hydrogen) atoms. The van der Waals surface area contributed by atoms with E-state index in [1.165, 1.54) is 11.8 Å². The van der Waals surface area contributed by atoms with Crippen LogP contribution in [0.1, 0.15) is 0 Å². The average Bonchev–Trinajstić information content (AvgIpc) is 3.11. The zero-order chi connectivity index (χ0) is 18.5. The highest BCUT2D eigenvalue weighted by Gasteiger charge is 2.15. The minimum atomic E-state index is -0.719. The van der Waals surface area contributed by atoms with Crippen LogP contribution >= 0.6 is 11.8 Å². The molecule has 0 atom stereocenters. The molecule has 3 rings (SSSR count). The predicted octanol–water partition coefficient (Wildman–Crippen LogP) is 2.68. The molecule has 3 aromatic rings. The number of amides is 1. The number of methoxy groups -OCH3 is 1. The van der Waals surface area contributed by atoms with Crippen LogP contribution in [0.4, 0.5) is 14.5 Å². The highest BCUT2D eigenvalue weighted by molar-refractivity contribution is 7.99. The van der Waals surface area contributed by atoms with E-state index >= 15 is 0 Å². The fourth-order valence-corrected chi connectivity index (χ4v) is 2.82. The summed E-state index contributed by atoms with van der Waals surface area (Å²) < 4.78 is 33.4. The van der Waals surface area contributed by atoms with Gasteiger partial charge in [0.2, 0.25) is 11.1 Å². The summed E-state index contributed by atoms with van der Waals surface area (Å²) in [6.07, 6.45) is 0. The average molecular weight is 377 g/mol. The second kappa shape index (κ2) is 7.91. The van der Waals surface area contributed by atoms with Crippen molar-refractivity contribution in [1.29, 1.82) is 0 Å². The molecular weight excluding hydrogens is 364 g/mol. The van der Waals surface area contributed by atoms with Gasteiger partial charge in [-0.2, -0.15) is 4.68 Å². The minimum Gasteiger partial charge on any atom is -0.494 e. The fraction of sp³-hybridized carbons (Fsp3) is 0.125. The van der Waals surface area contributed by atoms with Gasteiger partial charge in [-0.25, -0.2) is 8.78 Å². The molecule has 0 spiro atoms. The molecular formula is C16H13F2N5O2S. The molecule has 0 aliphatic rings. The number of aromatic nitrogens is 4. The highest BCUT2D eigenvalue weighted by Crippen LogP contribution is 2.25. The molecule has 0 saturated heterocycles. The number of nitrogens with zero attached hydrogens (tertiary/aromatic N) is 4. The standard InChI is InChI=1S/C16H13F2N5O2S/c1-25-14-5-3-2-4-13(14)23-16(20-21-22-23)26-9-15(24)19-12-8-10(17)6-7-11(12)18/h2-8H,9H2,1H3,(H,19,24). The quantitative estimate of drug-likeness (QED) is 0.665. The van der Waals surface area contributed by atoms with Crippen LogP contribution in [-0.2, 0) is 4.79 Å². The summed E-state index contributed by atoms with van der Waals surface area (Å²) in [6, 6.07) is 9.96. The number of tetrazole rings is 1. The maximum atomic E-state index is 13.6. The molecule has 0 saturated carbocycles. The Morgan fingerprint density at radius 3 is 2.88 bits per heavy atom. The number of hydrogen-bond donors (Lipinski definition) is 1. The molecule has 0 radical (unpaired) electrons. The van der Waals surface area contributed by atoms with E-state index in [0.29, 0.717) is 16.6 Å². The van der Waals surface area contributed by atoms with Gasteiger partial charge in [0.25, 0.3) is 0 Å². The number of halogens is 2. The van der Waals surface area contributed by atoms with E-state index in [9.17, 15) is 13.6 Å². The molecule has 1 amide bonds. The molecule has 0 unspecified atom stereocenters. The summed E-state index contributed by atoms with van der Waals surface area (Å²) in [7, 11) is 1.52. The Kier molecular flexibility index (Phi) is 5.42. The van der Waals surface area contributed by atoms with Crippen molar-refractivity contribution in [3.8, 4) is 11.4 Å². The van der Waals surface area contributed by atoms with Crippen molar-refractivity contribution in [2.45, 2.75) is 5.16 Å². The van der Waals surface area contributed by atoms with Gasteiger partial charge in [0.15, 0.2) is 0 Å². The lowest BCUT2D eigenvalue weighted by atomic mass is 10.3. The molecule has 0 fully saturated rings. The summed E-state index contributed by atoms with van der Waals surface area (Å²) in [5.74, 6) is -1.41. The molecule has 0 bridgehead atoms. The molecule has 7 nitrogen and oxygen atoms in total. The van der Waals surface area contributed by atoms with Gasteiger partial charge in [0, 0.05) is 6.07 Å². The third kappa shape index (κ3) is 3.97. The highest BCUT2D eigenvalue weighted by atomic mass is 32.2. The number of thioether (sulfide) groups is 1. The Morgan fingerprint density at radius 2 is 2.08 bits per heavy atom. The van der Waals surface area contributed by atoms with Gasteiger partial charge in [-0.1, -0.05) is 23.9 Å². The van der Waals surface area contributed by atoms with Gasteiger partial charge in [0.05, 0.1) is 18.6 Å². The summed E-state index contributed by atoms with van der Waals surface area (Å²) >= 11 is 1.05. The molecule has 10 heteroatoms. The number of anilines is 1. The predicted molar refractivity (Wildman–Crippen MR) is 91.4 cm³/mol. The molecule has 0 aliphatic carbocycles. The largest absolute Gasteiger partial charge is 0.494 e. The van der Waals surface area contributed by atoms with Crippen LogP contribution in [0.25, 0.3) is 5.69 Å². The van der Waals surface area contributed by atoms with E-state index in [1.807, 2.05) is 0 Å². The third-order valence-electron chi connectivity index (χ3n) is 3.29. The van der Waals surface area contributed by atoms with Crippen LogP contribution in [0.2, 0.25) is 0 Å². The van der Waals surface area contributed by atoms with Crippen molar-refractivity contribution in [1.82, 2.24) is 20.2 Å². The van der Waals surface area contributed by atoms with Gasteiger partial charge in [-0.15, -0.1) is 5.10 Å². The maximum Gasteiger partial charge on any atom is 0.234 e. The van der Waals surface area contributed by atoms with E-state index in [-0.39, 0.29) is 11.4 Å². The molecule has 134 valence electrons. The van der Waals surface area contributed by atoms with E-state index < -0.39 is 17.5 Å². The van der Waals surface area contributed by atoms with Gasteiger partial charge in [-0.3, -0.25) is 4.79 Å². The van der Waals surface area contributed by atoms with Gasteiger partial charge >= 0.3 is 0 Å².